The maximum Gasteiger partial charge on any atom is 0.243 e. The highest BCUT2D eigenvalue weighted by molar-refractivity contribution is 5.87. The van der Waals surface area contributed by atoms with E-state index < -0.39 is 0 Å². The number of allylic oxidation sites excluding steroid dienone is 1. The number of nitrogens with one attached hydrogen (secondary N) is 1. The quantitative estimate of drug-likeness (QED) is 0.600. The fraction of sp³-hybridized carbons (Fsp3) is 0.700. The fourth-order valence-corrected chi connectivity index (χ4v) is 1.37. The SMILES string of the molecule is CN1CCCC/C=C\C(=O)NCC1. The van der Waals surface area contributed by atoms with Gasteiger partial charge in [-0.1, -0.05) is 6.08 Å². The Morgan fingerprint density at radius 2 is 2.23 bits per heavy atom. The third-order valence-corrected chi connectivity index (χ3v) is 2.22. The maximum atomic E-state index is 11.1. The zero-order valence-corrected chi connectivity index (χ0v) is 8.25. The summed E-state index contributed by atoms with van der Waals surface area (Å²) in [6.07, 6.45) is 7.01. The van der Waals surface area contributed by atoms with E-state index in [0.29, 0.717) is 0 Å². The lowest BCUT2D eigenvalue weighted by atomic mass is 10.2. The fourth-order valence-electron chi connectivity index (χ4n) is 1.37. The molecule has 1 heterocycles. The van der Waals surface area contributed by atoms with Gasteiger partial charge in [-0.25, -0.2) is 0 Å². The smallest absolute Gasteiger partial charge is 0.243 e. The first-order valence-corrected chi connectivity index (χ1v) is 4.92. The molecule has 3 heteroatoms. The first kappa shape index (κ1) is 10.3. The summed E-state index contributed by atoms with van der Waals surface area (Å²) in [5, 5.41) is 2.84. The predicted molar refractivity (Wildman–Crippen MR) is 53.5 cm³/mol. The molecule has 74 valence electrons. The zero-order valence-electron chi connectivity index (χ0n) is 8.25. The topological polar surface area (TPSA) is 32.3 Å². The first-order valence-electron chi connectivity index (χ1n) is 4.92. The van der Waals surface area contributed by atoms with Gasteiger partial charge in [0.05, 0.1) is 0 Å². The second-order valence-corrected chi connectivity index (χ2v) is 3.49. The largest absolute Gasteiger partial charge is 0.351 e. The van der Waals surface area contributed by atoms with E-state index in [0.717, 1.165) is 26.1 Å². The average molecular weight is 182 g/mol. The molecular formula is C10H18N2O. The Morgan fingerprint density at radius 1 is 1.38 bits per heavy atom. The normalized spacial score (nSPS) is 24.5. The van der Waals surface area contributed by atoms with Crippen molar-refractivity contribution in [3.05, 3.63) is 12.2 Å². The Morgan fingerprint density at radius 3 is 3.08 bits per heavy atom. The second-order valence-electron chi connectivity index (χ2n) is 3.49. The first-order chi connectivity index (χ1) is 6.29. The number of hydrogen-bond donors (Lipinski definition) is 1. The van der Waals surface area contributed by atoms with Crippen LogP contribution in [0.15, 0.2) is 12.2 Å². The number of rotatable bonds is 0. The van der Waals surface area contributed by atoms with Crippen molar-refractivity contribution < 1.29 is 4.79 Å². The summed E-state index contributed by atoms with van der Waals surface area (Å²) in [7, 11) is 2.09. The zero-order chi connectivity index (χ0) is 9.52. The van der Waals surface area contributed by atoms with E-state index in [2.05, 4.69) is 17.3 Å². The lowest BCUT2D eigenvalue weighted by Crippen LogP contribution is -2.32. The van der Waals surface area contributed by atoms with Gasteiger partial charge in [-0.15, -0.1) is 0 Å². The molecule has 1 aliphatic rings. The van der Waals surface area contributed by atoms with E-state index in [1.807, 2.05) is 6.08 Å². The van der Waals surface area contributed by atoms with Gasteiger partial charge in [-0.05, 0) is 38.9 Å². The summed E-state index contributed by atoms with van der Waals surface area (Å²) in [6, 6.07) is 0. The van der Waals surface area contributed by atoms with Crippen LogP contribution in [0.25, 0.3) is 0 Å². The molecule has 1 rings (SSSR count). The van der Waals surface area contributed by atoms with Gasteiger partial charge in [0.2, 0.25) is 5.91 Å². The lowest BCUT2D eigenvalue weighted by molar-refractivity contribution is -0.116. The summed E-state index contributed by atoms with van der Waals surface area (Å²) in [6.45, 7) is 2.82. The third kappa shape index (κ3) is 4.68. The molecule has 0 fully saturated rings. The minimum absolute atomic E-state index is 0.0373. The van der Waals surface area contributed by atoms with E-state index in [4.69, 9.17) is 0 Å². The minimum Gasteiger partial charge on any atom is -0.351 e. The number of carbonyl (C=O) groups is 1. The van der Waals surface area contributed by atoms with Crippen LogP contribution >= 0.6 is 0 Å². The molecule has 13 heavy (non-hydrogen) atoms. The molecule has 1 aliphatic heterocycles. The molecular weight excluding hydrogens is 164 g/mol. The molecule has 3 nitrogen and oxygen atoms in total. The van der Waals surface area contributed by atoms with Gasteiger partial charge in [0.1, 0.15) is 0 Å². The van der Waals surface area contributed by atoms with E-state index >= 15 is 0 Å². The number of amides is 1. The predicted octanol–water partition coefficient (Wildman–Crippen LogP) is 0.774. The summed E-state index contributed by atoms with van der Waals surface area (Å²) in [5.41, 5.74) is 0. The summed E-state index contributed by atoms with van der Waals surface area (Å²) in [5.74, 6) is 0.0373. The van der Waals surface area contributed by atoms with E-state index in [1.54, 1.807) is 6.08 Å². The van der Waals surface area contributed by atoms with Crippen molar-refractivity contribution in [2.45, 2.75) is 19.3 Å². The van der Waals surface area contributed by atoms with Crippen molar-refractivity contribution in [1.29, 1.82) is 0 Å². The molecule has 0 radical (unpaired) electrons. The van der Waals surface area contributed by atoms with Crippen molar-refractivity contribution in [3.8, 4) is 0 Å². The molecule has 0 bridgehead atoms. The van der Waals surface area contributed by atoms with Crippen molar-refractivity contribution >= 4 is 5.91 Å². The molecule has 0 saturated heterocycles. The maximum absolute atomic E-state index is 11.1. The molecule has 0 aromatic carbocycles. The molecule has 0 saturated carbocycles. The van der Waals surface area contributed by atoms with Gasteiger partial charge in [-0.2, -0.15) is 0 Å². The highest BCUT2D eigenvalue weighted by atomic mass is 16.1. The van der Waals surface area contributed by atoms with E-state index in [9.17, 15) is 4.79 Å². The Bertz CT molecular complexity index is 189. The molecule has 0 aromatic heterocycles. The molecule has 1 N–H and O–H groups in total. The summed E-state index contributed by atoms with van der Waals surface area (Å²) >= 11 is 0. The third-order valence-electron chi connectivity index (χ3n) is 2.22. The van der Waals surface area contributed by atoms with Crippen LogP contribution in [0.3, 0.4) is 0 Å². The van der Waals surface area contributed by atoms with E-state index in [1.165, 1.54) is 12.8 Å². The standard InChI is InChI=1S/C10H18N2O/c1-12-8-5-3-2-4-6-10(13)11-7-9-12/h4,6H,2-3,5,7-9H2,1H3,(H,11,13)/b6-4-. The van der Waals surface area contributed by atoms with Gasteiger partial charge < -0.3 is 10.2 Å². The summed E-state index contributed by atoms with van der Waals surface area (Å²) < 4.78 is 0. The number of likely N-dealkylation sites (N-methyl/N-ethyl adjacent to an activating group) is 1. The van der Waals surface area contributed by atoms with Gasteiger partial charge in [0, 0.05) is 13.1 Å². The van der Waals surface area contributed by atoms with Gasteiger partial charge in [0.15, 0.2) is 0 Å². The monoisotopic (exact) mass is 182 g/mol. The van der Waals surface area contributed by atoms with Crippen LogP contribution in [-0.4, -0.2) is 37.5 Å². The number of hydrogen-bond acceptors (Lipinski definition) is 2. The molecule has 1 amide bonds. The van der Waals surface area contributed by atoms with Gasteiger partial charge in [-0.3, -0.25) is 4.79 Å². The average Bonchev–Trinajstić information content (AvgIpc) is 2.13. The molecule has 0 aliphatic carbocycles. The highest BCUT2D eigenvalue weighted by Gasteiger charge is 2.00. The molecule has 0 spiro atoms. The summed E-state index contributed by atoms with van der Waals surface area (Å²) in [4.78, 5) is 13.4. The Labute approximate surface area is 79.8 Å². The van der Waals surface area contributed by atoms with Crippen LogP contribution in [0.4, 0.5) is 0 Å². The second kappa shape index (κ2) is 5.75. The molecule has 0 atom stereocenters. The highest BCUT2D eigenvalue weighted by Crippen LogP contribution is 1.99. The lowest BCUT2D eigenvalue weighted by Gasteiger charge is -2.15. The van der Waals surface area contributed by atoms with Crippen molar-refractivity contribution in [2.75, 3.05) is 26.7 Å². The van der Waals surface area contributed by atoms with Crippen molar-refractivity contribution in [1.82, 2.24) is 10.2 Å². The Balaban J connectivity index is 2.36. The minimum atomic E-state index is 0.0373. The Kier molecular flexibility index (Phi) is 4.54. The molecule has 0 aromatic rings. The van der Waals surface area contributed by atoms with Crippen LogP contribution in [-0.2, 0) is 4.79 Å². The van der Waals surface area contributed by atoms with Crippen LogP contribution < -0.4 is 5.32 Å². The van der Waals surface area contributed by atoms with Crippen LogP contribution in [0.1, 0.15) is 19.3 Å². The number of nitrogens with zero attached hydrogens (tertiary/aromatic N) is 1. The number of carbonyl (C=O) groups excluding carboxylic acids is 1. The van der Waals surface area contributed by atoms with Crippen LogP contribution in [0, 0.1) is 0 Å². The van der Waals surface area contributed by atoms with Crippen molar-refractivity contribution in [2.24, 2.45) is 0 Å². The van der Waals surface area contributed by atoms with Crippen LogP contribution in [0.5, 0.6) is 0 Å². The van der Waals surface area contributed by atoms with E-state index in [-0.39, 0.29) is 5.91 Å². The van der Waals surface area contributed by atoms with Gasteiger partial charge in [0.25, 0.3) is 0 Å². The van der Waals surface area contributed by atoms with Crippen molar-refractivity contribution in [3.63, 3.8) is 0 Å². The molecule has 0 unspecified atom stereocenters. The Hall–Kier alpha value is -0.830. The van der Waals surface area contributed by atoms with Crippen LogP contribution in [0.2, 0.25) is 0 Å². The van der Waals surface area contributed by atoms with Gasteiger partial charge >= 0.3 is 0 Å².